The normalized spacial score (nSPS) is 32.7. The van der Waals surface area contributed by atoms with Gasteiger partial charge >= 0.3 is 0 Å². The van der Waals surface area contributed by atoms with Crippen LogP contribution in [0, 0.1) is 17.8 Å². The third-order valence-corrected chi connectivity index (χ3v) is 3.30. The molecule has 1 rings (SSSR count). The third kappa shape index (κ3) is 2.14. The SMILES string of the molecule is C=CC[C@@H]1C(=O)[C@H](C)CC[C@H]1C(=C)C. The van der Waals surface area contributed by atoms with Gasteiger partial charge in [-0.05, 0) is 32.1 Å². The van der Waals surface area contributed by atoms with E-state index in [0.717, 1.165) is 24.8 Å². The molecule has 0 aromatic heterocycles. The highest BCUT2D eigenvalue weighted by molar-refractivity contribution is 5.84. The van der Waals surface area contributed by atoms with Crippen molar-refractivity contribution >= 4 is 5.78 Å². The molecule has 0 heterocycles. The Balaban J connectivity index is 2.81. The number of carbonyl (C=O) groups excluding carboxylic acids is 1. The molecule has 0 unspecified atom stereocenters. The topological polar surface area (TPSA) is 17.1 Å². The van der Waals surface area contributed by atoms with Crippen LogP contribution in [0.15, 0.2) is 24.8 Å². The first-order valence-corrected chi connectivity index (χ1v) is 5.38. The first-order valence-electron chi connectivity index (χ1n) is 5.38. The Morgan fingerprint density at radius 1 is 1.57 bits per heavy atom. The summed E-state index contributed by atoms with van der Waals surface area (Å²) in [6, 6.07) is 0. The van der Waals surface area contributed by atoms with E-state index >= 15 is 0 Å². The van der Waals surface area contributed by atoms with E-state index in [9.17, 15) is 4.79 Å². The van der Waals surface area contributed by atoms with Gasteiger partial charge in [0.05, 0.1) is 0 Å². The van der Waals surface area contributed by atoms with Crippen LogP contribution in [-0.4, -0.2) is 5.78 Å². The second kappa shape index (κ2) is 4.59. The van der Waals surface area contributed by atoms with Crippen molar-refractivity contribution in [2.45, 2.75) is 33.1 Å². The van der Waals surface area contributed by atoms with Crippen LogP contribution in [0.5, 0.6) is 0 Å². The fourth-order valence-corrected chi connectivity index (χ4v) is 2.39. The van der Waals surface area contributed by atoms with Gasteiger partial charge in [-0.25, -0.2) is 0 Å². The molecule has 0 amide bonds. The lowest BCUT2D eigenvalue weighted by atomic mass is 9.70. The van der Waals surface area contributed by atoms with Crippen LogP contribution in [0.4, 0.5) is 0 Å². The summed E-state index contributed by atoms with van der Waals surface area (Å²) >= 11 is 0. The molecule has 1 heteroatoms. The summed E-state index contributed by atoms with van der Waals surface area (Å²) in [6.07, 6.45) is 4.79. The van der Waals surface area contributed by atoms with Crippen LogP contribution in [0.1, 0.15) is 33.1 Å². The quantitative estimate of drug-likeness (QED) is 0.626. The van der Waals surface area contributed by atoms with Gasteiger partial charge in [-0.1, -0.05) is 25.2 Å². The number of rotatable bonds is 3. The fraction of sp³-hybridized carbons (Fsp3) is 0.615. The zero-order chi connectivity index (χ0) is 10.7. The average molecular weight is 192 g/mol. The Morgan fingerprint density at radius 3 is 2.71 bits per heavy atom. The highest BCUT2D eigenvalue weighted by Gasteiger charge is 2.35. The van der Waals surface area contributed by atoms with Gasteiger partial charge in [-0.15, -0.1) is 6.58 Å². The minimum atomic E-state index is 0.147. The lowest BCUT2D eigenvalue weighted by Gasteiger charge is -2.33. The number of Topliss-reactive ketones (excluding diaryl/α,β-unsaturated/α-hetero) is 1. The number of allylic oxidation sites excluding steroid dienone is 2. The maximum Gasteiger partial charge on any atom is 0.139 e. The lowest BCUT2D eigenvalue weighted by Crippen LogP contribution is -2.34. The number of ketones is 1. The average Bonchev–Trinajstić information content (AvgIpc) is 2.13. The summed E-state index contributed by atoms with van der Waals surface area (Å²) < 4.78 is 0. The van der Waals surface area contributed by atoms with Crippen LogP contribution in [-0.2, 0) is 4.79 Å². The van der Waals surface area contributed by atoms with Crippen molar-refractivity contribution in [1.29, 1.82) is 0 Å². The van der Waals surface area contributed by atoms with Crippen molar-refractivity contribution in [3.8, 4) is 0 Å². The van der Waals surface area contributed by atoms with Gasteiger partial charge in [-0.2, -0.15) is 0 Å². The van der Waals surface area contributed by atoms with Crippen molar-refractivity contribution in [1.82, 2.24) is 0 Å². The summed E-state index contributed by atoms with van der Waals surface area (Å²) in [4.78, 5) is 11.9. The summed E-state index contributed by atoms with van der Waals surface area (Å²) in [7, 11) is 0. The van der Waals surface area contributed by atoms with Gasteiger partial charge < -0.3 is 0 Å². The smallest absolute Gasteiger partial charge is 0.139 e. The molecule has 78 valence electrons. The highest BCUT2D eigenvalue weighted by atomic mass is 16.1. The molecule has 0 radical (unpaired) electrons. The van der Waals surface area contributed by atoms with Gasteiger partial charge in [-0.3, -0.25) is 4.79 Å². The van der Waals surface area contributed by atoms with E-state index in [1.54, 1.807) is 0 Å². The first-order chi connectivity index (χ1) is 6.57. The molecule has 3 atom stereocenters. The largest absolute Gasteiger partial charge is 0.299 e. The van der Waals surface area contributed by atoms with Gasteiger partial charge in [0.1, 0.15) is 5.78 Å². The molecule has 1 aliphatic rings. The fourth-order valence-electron chi connectivity index (χ4n) is 2.39. The Kier molecular flexibility index (Phi) is 3.68. The van der Waals surface area contributed by atoms with Gasteiger partial charge in [0.2, 0.25) is 0 Å². The molecule has 1 aliphatic carbocycles. The monoisotopic (exact) mass is 192 g/mol. The summed E-state index contributed by atoms with van der Waals surface area (Å²) in [5, 5.41) is 0. The molecule has 0 saturated heterocycles. The van der Waals surface area contributed by atoms with Gasteiger partial charge in [0, 0.05) is 11.8 Å². The Labute approximate surface area is 86.9 Å². The molecule has 1 nitrogen and oxygen atoms in total. The van der Waals surface area contributed by atoms with E-state index in [4.69, 9.17) is 0 Å². The molecular weight excluding hydrogens is 172 g/mol. The van der Waals surface area contributed by atoms with Crippen LogP contribution in [0.3, 0.4) is 0 Å². The van der Waals surface area contributed by atoms with E-state index in [2.05, 4.69) is 13.2 Å². The number of hydrogen-bond donors (Lipinski definition) is 0. The molecule has 0 aromatic rings. The standard InChI is InChI=1S/C13H20O/c1-5-6-12-11(9(2)3)8-7-10(4)13(12)14/h5,10-12H,1-2,6-8H2,3-4H3/t10-,11+,12+/m1/s1. The van der Waals surface area contributed by atoms with E-state index in [0.29, 0.717) is 11.7 Å². The second-order valence-electron chi connectivity index (χ2n) is 4.46. The molecular formula is C13H20O. The third-order valence-electron chi connectivity index (χ3n) is 3.30. The molecule has 0 aromatic carbocycles. The van der Waals surface area contributed by atoms with E-state index in [-0.39, 0.29) is 11.8 Å². The number of hydrogen-bond acceptors (Lipinski definition) is 1. The molecule has 0 spiro atoms. The maximum atomic E-state index is 11.9. The summed E-state index contributed by atoms with van der Waals surface area (Å²) in [5.74, 6) is 1.17. The molecule has 1 fully saturated rings. The molecule has 1 saturated carbocycles. The van der Waals surface area contributed by atoms with Gasteiger partial charge in [0.15, 0.2) is 0 Å². The summed E-state index contributed by atoms with van der Waals surface area (Å²) in [6.45, 7) is 11.8. The van der Waals surface area contributed by atoms with E-state index < -0.39 is 0 Å². The zero-order valence-corrected chi connectivity index (χ0v) is 9.25. The van der Waals surface area contributed by atoms with Crippen molar-refractivity contribution in [2.75, 3.05) is 0 Å². The van der Waals surface area contributed by atoms with Crippen molar-refractivity contribution in [2.24, 2.45) is 17.8 Å². The zero-order valence-electron chi connectivity index (χ0n) is 9.25. The second-order valence-corrected chi connectivity index (χ2v) is 4.46. The van der Waals surface area contributed by atoms with E-state index in [1.165, 1.54) is 0 Å². The van der Waals surface area contributed by atoms with Crippen molar-refractivity contribution < 1.29 is 4.79 Å². The van der Waals surface area contributed by atoms with Crippen molar-refractivity contribution in [3.05, 3.63) is 24.8 Å². The Bertz CT molecular complexity index is 252. The minimum absolute atomic E-state index is 0.147. The highest BCUT2D eigenvalue weighted by Crippen LogP contribution is 2.36. The Hall–Kier alpha value is -0.850. The molecule has 14 heavy (non-hydrogen) atoms. The molecule has 0 aliphatic heterocycles. The molecule has 0 N–H and O–H groups in total. The number of carbonyl (C=O) groups is 1. The van der Waals surface area contributed by atoms with Gasteiger partial charge in [0.25, 0.3) is 0 Å². The lowest BCUT2D eigenvalue weighted by molar-refractivity contribution is -0.130. The van der Waals surface area contributed by atoms with Crippen LogP contribution in [0.25, 0.3) is 0 Å². The minimum Gasteiger partial charge on any atom is -0.299 e. The first kappa shape index (κ1) is 11.2. The maximum absolute atomic E-state index is 11.9. The summed E-state index contributed by atoms with van der Waals surface area (Å²) in [5.41, 5.74) is 1.15. The van der Waals surface area contributed by atoms with E-state index in [1.807, 2.05) is 19.9 Å². The predicted octanol–water partition coefficient (Wildman–Crippen LogP) is 3.37. The predicted molar refractivity (Wildman–Crippen MR) is 60.0 cm³/mol. The Morgan fingerprint density at radius 2 is 2.21 bits per heavy atom. The van der Waals surface area contributed by atoms with Crippen molar-refractivity contribution in [3.63, 3.8) is 0 Å². The van der Waals surface area contributed by atoms with Crippen LogP contribution in [0.2, 0.25) is 0 Å². The molecule has 0 bridgehead atoms. The van der Waals surface area contributed by atoms with Crippen LogP contribution >= 0.6 is 0 Å². The van der Waals surface area contributed by atoms with Crippen LogP contribution < -0.4 is 0 Å².